The number of nitrogens with one attached hydrogen (secondary N) is 1. The van der Waals surface area contributed by atoms with Gasteiger partial charge in [-0.05, 0) is 35.9 Å². The summed E-state index contributed by atoms with van der Waals surface area (Å²) in [7, 11) is 4.03. The molecule has 3 N–H and O–H groups in total. The molecule has 0 saturated carbocycles. The van der Waals surface area contributed by atoms with Crippen LogP contribution in [0.1, 0.15) is 15.9 Å². The van der Waals surface area contributed by atoms with Crippen molar-refractivity contribution in [1.82, 2.24) is 0 Å². The Balaban J connectivity index is 2.01. The molecule has 0 heterocycles. The largest absolute Gasteiger partial charge is 0.381 e. The average Bonchev–Trinajstić information content (AvgIpc) is 2.46. The summed E-state index contributed by atoms with van der Waals surface area (Å²) in [6, 6.07) is 15.5. The Labute approximate surface area is 119 Å². The number of primary amides is 1. The maximum atomic E-state index is 11.1. The summed E-state index contributed by atoms with van der Waals surface area (Å²) in [5.74, 6) is -0.413. The van der Waals surface area contributed by atoms with Gasteiger partial charge in [-0.2, -0.15) is 0 Å². The van der Waals surface area contributed by atoms with Crippen molar-refractivity contribution in [2.24, 2.45) is 5.73 Å². The second-order valence-corrected chi connectivity index (χ2v) is 4.86. The minimum Gasteiger partial charge on any atom is -0.381 e. The van der Waals surface area contributed by atoms with Gasteiger partial charge in [-0.3, -0.25) is 4.79 Å². The van der Waals surface area contributed by atoms with Gasteiger partial charge < -0.3 is 16.0 Å². The third kappa shape index (κ3) is 3.51. The number of benzene rings is 2. The van der Waals surface area contributed by atoms with Crippen LogP contribution >= 0.6 is 0 Å². The predicted molar refractivity (Wildman–Crippen MR) is 83.1 cm³/mol. The fraction of sp³-hybridized carbons (Fsp3) is 0.188. The number of rotatable bonds is 5. The predicted octanol–water partition coefficient (Wildman–Crippen LogP) is 2.46. The van der Waals surface area contributed by atoms with E-state index in [1.807, 2.05) is 26.2 Å². The first kappa shape index (κ1) is 13.9. The second-order valence-electron chi connectivity index (χ2n) is 4.86. The van der Waals surface area contributed by atoms with Crippen molar-refractivity contribution in [2.75, 3.05) is 24.3 Å². The molecule has 0 aliphatic carbocycles. The fourth-order valence-electron chi connectivity index (χ4n) is 1.90. The number of nitrogens with two attached hydrogens (primary N) is 1. The van der Waals surface area contributed by atoms with Crippen LogP contribution < -0.4 is 16.0 Å². The monoisotopic (exact) mass is 269 g/mol. The summed E-state index contributed by atoms with van der Waals surface area (Å²) >= 11 is 0. The Morgan fingerprint density at radius 2 is 1.85 bits per heavy atom. The highest BCUT2D eigenvalue weighted by Gasteiger charge is 2.01. The molecular weight excluding hydrogens is 250 g/mol. The second kappa shape index (κ2) is 6.10. The van der Waals surface area contributed by atoms with Gasteiger partial charge in [0.05, 0.1) is 0 Å². The van der Waals surface area contributed by atoms with Gasteiger partial charge in [0.15, 0.2) is 0 Å². The number of nitrogens with zero attached hydrogens (tertiary/aromatic N) is 1. The van der Waals surface area contributed by atoms with Crippen LogP contribution in [0.4, 0.5) is 11.4 Å². The van der Waals surface area contributed by atoms with Gasteiger partial charge in [-0.1, -0.05) is 18.2 Å². The molecule has 2 rings (SSSR count). The van der Waals surface area contributed by atoms with Crippen molar-refractivity contribution in [3.8, 4) is 0 Å². The lowest BCUT2D eigenvalue weighted by molar-refractivity contribution is 0.100. The molecule has 20 heavy (non-hydrogen) atoms. The molecule has 0 atom stereocenters. The smallest absolute Gasteiger partial charge is 0.248 e. The van der Waals surface area contributed by atoms with Gasteiger partial charge in [0.2, 0.25) is 5.91 Å². The van der Waals surface area contributed by atoms with E-state index in [-0.39, 0.29) is 0 Å². The summed E-state index contributed by atoms with van der Waals surface area (Å²) < 4.78 is 0. The number of hydrogen-bond acceptors (Lipinski definition) is 3. The molecule has 4 heteroatoms. The quantitative estimate of drug-likeness (QED) is 0.876. The number of carbonyl (C=O) groups is 1. The third-order valence-electron chi connectivity index (χ3n) is 3.10. The zero-order chi connectivity index (χ0) is 14.5. The van der Waals surface area contributed by atoms with E-state index in [0.717, 1.165) is 5.69 Å². The first-order valence-electron chi connectivity index (χ1n) is 6.46. The Hall–Kier alpha value is -2.49. The summed E-state index contributed by atoms with van der Waals surface area (Å²) in [6.45, 7) is 0.704. The van der Waals surface area contributed by atoms with Gasteiger partial charge in [0.25, 0.3) is 0 Å². The van der Waals surface area contributed by atoms with Crippen LogP contribution in [0.3, 0.4) is 0 Å². The molecule has 0 spiro atoms. The number of hydrogen-bond donors (Lipinski definition) is 2. The number of anilines is 2. The first-order valence-corrected chi connectivity index (χ1v) is 6.46. The zero-order valence-corrected chi connectivity index (χ0v) is 11.8. The van der Waals surface area contributed by atoms with Gasteiger partial charge >= 0.3 is 0 Å². The molecule has 0 fully saturated rings. The van der Waals surface area contributed by atoms with E-state index >= 15 is 0 Å². The maximum absolute atomic E-state index is 11.1. The molecule has 0 aromatic heterocycles. The SMILES string of the molecule is CN(C)c1ccc(CNc2cccc(C(N)=O)c2)cc1. The van der Waals surface area contributed by atoms with E-state index in [1.165, 1.54) is 11.3 Å². The van der Waals surface area contributed by atoms with E-state index < -0.39 is 5.91 Å². The average molecular weight is 269 g/mol. The zero-order valence-electron chi connectivity index (χ0n) is 11.8. The van der Waals surface area contributed by atoms with E-state index in [4.69, 9.17) is 5.73 Å². The fourth-order valence-corrected chi connectivity index (χ4v) is 1.90. The van der Waals surface area contributed by atoms with Gasteiger partial charge in [-0.15, -0.1) is 0 Å². The molecule has 4 nitrogen and oxygen atoms in total. The van der Waals surface area contributed by atoms with Crippen molar-refractivity contribution in [3.63, 3.8) is 0 Å². The number of amides is 1. The molecular formula is C16H19N3O. The van der Waals surface area contributed by atoms with E-state index in [1.54, 1.807) is 12.1 Å². The highest BCUT2D eigenvalue weighted by Crippen LogP contribution is 2.15. The standard InChI is InChI=1S/C16H19N3O/c1-19(2)15-8-6-12(7-9-15)11-18-14-5-3-4-13(10-14)16(17)20/h3-10,18H,11H2,1-2H3,(H2,17,20). The highest BCUT2D eigenvalue weighted by atomic mass is 16.1. The van der Waals surface area contributed by atoms with Crippen LogP contribution in [-0.2, 0) is 6.54 Å². The van der Waals surface area contributed by atoms with Crippen molar-refractivity contribution in [1.29, 1.82) is 0 Å². The van der Waals surface area contributed by atoms with Crippen LogP contribution in [0.5, 0.6) is 0 Å². The summed E-state index contributed by atoms with van der Waals surface area (Å²) in [6.07, 6.45) is 0. The lowest BCUT2D eigenvalue weighted by atomic mass is 10.1. The molecule has 1 amide bonds. The molecule has 2 aromatic rings. The molecule has 0 bridgehead atoms. The van der Waals surface area contributed by atoms with Crippen molar-refractivity contribution < 1.29 is 4.79 Å². The lowest BCUT2D eigenvalue weighted by Gasteiger charge is -2.13. The van der Waals surface area contributed by atoms with Crippen LogP contribution in [-0.4, -0.2) is 20.0 Å². The number of carbonyl (C=O) groups excluding carboxylic acids is 1. The lowest BCUT2D eigenvalue weighted by Crippen LogP contribution is -2.11. The van der Waals surface area contributed by atoms with Gasteiger partial charge in [-0.25, -0.2) is 0 Å². The van der Waals surface area contributed by atoms with Crippen molar-refractivity contribution in [3.05, 3.63) is 59.7 Å². The molecule has 2 aromatic carbocycles. The van der Waals surface area contributed by atoms with Crippen LogP contribution in [0, 0.1) is 0 Å². The van der Waals surface area contributed by atoms with Gasteiger partial charge in [0.1, 0.15) is 0 Å². The molecule has 0 aliphatic rings. The van der Waals surface area contributed by atoms with E-state index in [0.29, 0.717) is 12.1 Å². The molecule has 0 radical (unpaired) electrons. The van der Waals surface area contributed by atoms with Crippen molar-refractivity contribution >= 4 is 17.3 Å². The summed E-state index contributed by atoms with van der Waals surface area (Å²) in [4.78, 5) is 13.2. The van der Waals surface area contributed by atoms with E-state index in [9.17, 15) is 4.79 Å². The van der Waals surface area contributed by atoms with Crippen LogP contribution in [0.25, 0.3) is 0 Å². The van der Waals surface area contributed by atoms with E-state index in [2.05, 4.69) is 34.5 Å². The Kier molecular flexibility index (Phi) is 4.25. The third-order valence-corrected chi connectivity index (χ3v) is 3.10. The van der Waals surface area contributed by atoms with Gasteiger partial charge in [0, 0.05) is 37.6 Å². The Morgan fingerprint density at radius 1 is 1.15 bits per heavy atom. The summed E-state index contributed by atoms with van der Waals surface area (Å²) in [5, 5.41) is 3.28. The molecule has 104 valence electrons. The normalized spacial score (nSPS) is 10.1. The minimum atomic E-state index is -0.413. The van der Waals surface area contributed by atoms with Crippen LogP contribution in [0.15, 0.2) is 48.5 Å². The Morgan fingerprint density at radius 3 is 2.45 bits per heavy atom. The molecule has 0 saturated heterocycles. The van der Waals surface area contributed by atoms with Crippen LogP contribution in [0.2, 0.25) is 0 Å². The molecule has 0 aliphatic heterocycles. The Bertz CT molecular complexity index is 591. The first-order chi connectivity index (χ1) is 9.56. The topological polar surface area (TPSA) is 58.4 Å². The summed E-state index contributed by atoms with van der Waals surface area (Å²) in [5.41, 5.74) is 9.01. The maximum Gasteiger partial charge on any atom is 0.248 e. The van der Waals surface area contributed by atoms with Crippen molar-refractivity contribution in [2.45, 2.75) is 6.54 Å². The minimum absolute atomic E-state index is 0.413. The highest BCUT2D eigenvalue weighted by molar-refractivity contribution is 5.93. The molecule has 0 unspecified atom stereocenters.